The van der Waals surface area contributed by atoms with Crippen LogP contribution in [0.25, 0.3) is 0 Å². The molecule has 0 radical (unpaired) electrons. The predicted octanol–water partition coefficient (Wildman–Crippen LogP) is 4.01. The van der Waals surface area contributed by atoms with E-state index >= 15 is 0 Å². The summed E-state index contributed by atoms with van der Waals surface area (Å²) >= 11 is 1.01. The summed E-state index contributed by atoms with van der Waals surface area (Å²) in [5, 5.41) is 16.1. The van der Waals surface area contributed by atoms with Gasteiger partial charge in [0.25, 0.3) is 5.91 Å². The minimum atomic E-state index is -1.18. The lowest BCUT2D eigenvalue weighted by Crippen LogP contribution is -2.49. The number of imide groups is 1. The minimum Gasteiger partial charge on any atom is -0.476 e. The Morgan fingerprint density at radius 3 is 2.33 bits per heavy atom. The van der Waals surface area contributed by atoms with Crippen molar-refractivity contribution in [3.05, 3.63) is 11.1 Å². The Kier molecular flexibility index (Phi) is 7.62. The van der Waals surface area contributed by atoms with Gasteiger partial charge in [-0.25, -0.2) is 19.5 Å². The van der Waals surface area contributed by atoms with Crippen LogP contribution < -0.4 is 10.6 Å². The molecule has 0 bridgehead atoms. The summed E-state index contributed by atoms with van der Waals surface area (Å²) in [5.74, 6) is -1.31. The van der Waals surface area contributed by atoms with Crippen LogP contribution in [0.4, 0.5) is 9.93 Å². The molecule has 3 N–H and O–H groups in total. The normalized spacial score (nSPS) is 23.4. The van der Waals surface area contributed by atoms with E-state index in [1.54, 1.807) is 0 Å². The van der Waals surface area contributed by atoms with E-state index in [1.807, 2.05) is 0 Å². The Morgan fingerprint density at radius 2 is 1.73 bits per heavy atom. The molecule has 2 saturated carbocycles. The van der Waals surface area contributed by atoms with E-state index in [0.29, 0.717) is 18.8 Å². The topological polar surface area (TPSA) is 129 Å². The number of rotatable bonds is 8. The van der Waals surface area contributed by atoms with Crippen molar-refractivity contribution in [3.63, 3.8) is 0 Å². The number of aromatic nitrogens is 1. The summed E-state index contributed by atoms with van der Waals surface area (Å²) in [5.41, 5.74) is -0.151. The van der Waals surface area contributed by atoms with E-state index in [2.05, 4.69) is 15.6 Å². The highest BCUT2D eigenvalue weighted by Gasteiger charge is 2.46. The van der Waals surface area contributed by atoms with Crippen LogP contribution in [-0.4, -0.2) is 50.9 Å². The Bertz CT molecular complexity index is 891. The summed E-state index contributed by atoms with van der Waals surface area (Å²) in [6.07, 6.45) is 12.0. The number of aromatic carboxylic acids is 1. The molecule has 0 spiro atoms. The molecular formula is C23H32N4O5S. The fourth-order valence-electron chi connectivity index (χ4n) is 5.45. The van der Waals surface area contributed by atoms with Gasteiger partial charge in [0.15, 0.2) is 10.8 Å². The first kappa shape index (κ1) is 23.7. The maximum Gasteiger partial charge on any atom is 0.355 e. The van der Waals surface area contributed by atoms with Gasteiger partial charge in [-0.15, -0.1) is 11.3 Å². The highest BCUT2D eigenvalue weighted by atomic mass is 32.1. The number of carbonyl (C=O) groups is 4. The van der Waals surface area contributed by atoms with Crippen molar-refractivity contribution in [3.8, 4) is 0 Å². The Labute approximate surface area is 197 Å². The quantitative estimate of drug-likeness (QED) is 0.486. The first-order chi connectivity index (χ1) is 15.9. The lowest BCUT2D eigenvalue weighted by molar-refractivity contribution is -0.134. The molecule has 2 atom stereocenters. The fraction of sp³-hybridized carbons (Fsp3) is 0.696. The predicted molar refractivity (Wildman–Crippen MR) is 123 cm³/mol. The molecule has 180 valence electrons. The molecule has 3 fully saturated rings. The van der Waals surface area contributed by atoms with Gasteiger partial charge >= 0.3 is 12.0 Å². The molecule has 9 nitrogen and oxygen atoms in total. The minimum absolute atomic E-state index is 0.150. The van der Waals surface area contributed by atoms with Crippen LogP contribution in [0, 0.1) is 11.8 Å². The van der Waals surface area contributed by atoms with Gasteiger partial charge in [0.05, 0.1) is 0 Å². The van der Waals surface area contributed by atoms with Crippen LogP contribution in [0.5, 0.6) is 0 Å². The standard InChI is InChI=1S/C23H32N4O5S/c28-19(26-22-24-17(13-33-22)21(30)31)18(12-15-9-5-2-6-10-15)27-20(29)16(25-23(27)32)11-14-7-3-1-4-8-14/h13-16,18H,1-12H2,(H,25,32)(H,30,31)(H,24,26,28)/t16-,18-/m0/s1. The van der Waals surface area contributed by atoms with Crippen molar-refractivity contribution in [1.82, 2.24) is 15.2 Å². The molecule has 3 aliphatic rings. The summed E-state index contributed by atoms with van der Waals surface area (Å²) in [6, 6.07) is -2.03. The van der Waals surface area contributed by atoms with Gasteiger partial charge in [-0.2, -0.15) is 0 Å². The molecule has 1 aromatic rings. The number of amides is 4. The van der Waals surface area contributed by atoms with Crippen molar-refractivity contribution in [2.24, 2.45) is 11.8 Å². The Balaban J connectivity index is 1.49. The van der Waals surface area contributed by atoms with Crippen molar-refractivity contribution in [1.29, 1.82) is 0 Å². The van der Waals surface area contributed by atoms with Gasteiger partial charge < -0.3 is 15.7 Å². The monoisotopic (exact) mass is 476 g/mol. The molecule has 0 unspecified atom stereocenters. The zero-order valence-electron chi connectivity index (χ0n) is 18.8. The summed E-state index contributed by atoms with van der Waals surface area (Å²) in [4.78, 5) is 55.6. The van der Waals surface area contributed by atoms with Gasteiger partial charge in [0.1, 0.15) is 12.1 Å². The number of anilines is 1. The molecule has 2 heterocycles. The molecule has 33 heavy (non-hydrogen) atoms. The second-order valence-electron chi connectivity index (χ2n) is 9.54. The first-order valence-corrected chi connectivity index (χ1v) is 12.9. The highest BCUT2D eigenvalue weighted by Crippen LogP contribution is 2.32. The number of thiazole rings is 1. The van der Waals surface area contributed by atoms with E-state index in [-0.39, 0.29) is 22.7 Å². The van der Waals surface area contributed by atoms with Gasteiger partial charge in [-0.05, 0) is 24.7 Å². The van der Waals surface area contributed by atoms with Gasteiger partial charge in [-0.1, -0.05) is 64.2 Å². The number of hydrogen-bond donors (Lipinski definition) is 3. The van der Waals surface area contributed by atoms with Crippen LogP contribution in [0.2, 0.25) is 0 Å². The second-order valence-corrected chi connectivity index (χ2v) is 10.4. The summed E-state index contributed by atoms with van der Waals surface area (Å²) in [7, 11) is 0. The molecular weight excluding hydrogens is 444 g/mol. The molecule has 4 rings (SSSR count). The molecule has 1 saturated heterocycles. The molecule has 4 amide bonds. The number of nitrogens with one attached hydrogen (secondary N) is 2. The van der Waals surface area contributed by atoms with Crippen molar-refractivity contribution >= 4 is 40.3 Å². The smallest absolute Gasteiger partial charge is 0.355 e. The molecule has 2 aliphatic carbocycles. The van der Waals surface area contributed by atoms with Crippen LogP contribution in [0.1, 0.15) is 87.5 Å². The van der Waals surface area contributed by atoms with Crippen LogP contribution in [0.15, 0.2) is 5.38 Å². The van der Waals surface area contributed by atoms with Crippen molar-refractivity contribution in [2.45, 2.75) is 89.1 Å². The second kappa shape index (κ2) is 10.6. The number of carboxylic acids is 1. The number of hydrogen-bond acceptors (Lipinski definition) is 6. The Hall–Kier alpha value is -2.49. The lowest BCUT2D eigenvalue weighted by Gasteiger charge is -2.30. The van der Waals surface area contributed by atoms with Crippen molar-refractivity contribution in [2.75, 3.05) is 5.32 Å². The fourth-order valence-corrected chi connectivity index (χ4v) is 6.13. The molecule has 1 aromatic heterocycles. The SMILES string of the molecule is O=C(O)c1csc(NC(=O)[C@H](CC2CCCCC2)N2C(=O)N[C@@H](CC3CCCCC3)C2=O)n1. The van der Waals surface area contributed by atoms with Crippen LogP contribution in [-0.2, 0) is 9.59 Å². The maximum absolute atomic E-state index is 13.3. The molecule has 0 aromatic carbocycles. The average Bonchev–Trinajstić information content (AvgIpc) is 3.38. The third kappa shape index (κ3) is 5.72. The summed E-state index contributed by atoms with van der Waals surface area (Å²) in [6.45, 7) is 0. The van der Waals surface area contributed by atoms with Crippen LogP contribution in [0.3, 0.4) is 0 Å². The number of urea groups is 1. The number of carbonyl (C=O) groups excluding carboxylic acids is 3. The number of carboxylic acid groups (broad SMARTS) is 1. The molecule has 1 aliphatic heterocycles. The van der Waals surface area contributed by atoms with Crippen molar-refractivity contribution < 1.29 is 24.3 Å². The Morgan fingerprint density at radius 1 is 1.09 bits per heavy atom. The van der Waals surface area contributed by atoms with E-state index < -0.39 is 30.0 Å². The third-order valence-corrected chi connectivity index (χ3v) is 7.95. The molecule has 10 heteroatoms. The third-order valence-electron chi connectivity index (χ3n) is 7.19. The van der Waals surface area contributed by atoms with Gasteiger partial charge in [0.2, 0.25) is 5.91 Å². The average molecular weight is 477 g/mol. The van der Waals surface area contributed by atoms with Gasteiger partial charge in [-0.3, -0.25) is 9.59 Å². The van der Waals surface area contributed by atoms with E-state index in [4.69, 9.17) is 5.11 Å². The largest absolute Gasteiger partial charge is 0.476 e. The zero-order chi connectivity index (χ0) is 23.4. The van der Waals surface area contributed by atoms with Crippen LogP contribution >= 0.6 is 11.3 Å². The van der Waals surface area contributed by atoms with Gasteiger partial charge in [0, 0.05) is 5.38 Å². The van der Waals surface area contributed by atoms with E-state index in [0.717, 1.165) is 74.0 Å². The lowest BCUT2D eigenvalue weighted by atomic mass is 9.83. The summed E-state index contributed by atoms with van der Waals surface area (Å²) < 4.78 is 0. The highest BCUT2D eigenvalue weighted by molar-refractivity contribution is 7.14. The number of nitrogens with zero attached hydrogens (tertiary/aromatic N) is 2. The zero-order valence-corrected chi connectivity index (χ0v) is 19.6. The first-order valence-electron chi connectivity index (χ1n) is 12.1. The van der Waals surface area contributed by atoms with E-state index in [1.165, 1.54) is 11.8 Å². The maximum atomic E-state index is 13.3. The van der Waals surface area contributed by atoms with E-state index in [9.17, 15) is 19.2 Å².